The number of nitrogens with two attached hydrogens (primary N) is 1. The maximum atomic E-state index is 13.5. The monoisotopic (exact) mass is 563 g/mol. The molecule has 1 saturated heterocycles. The number of aromatic nitrogens is 2. The number of aliphatic imine (C=N–C) groups is 1. The number of rotatable bonds is 4. The van der Waals surface area contributed by atoms with Gasteiger partial charge < -0.3 is 15.7 Å². The van der Waals surface area contributed by atoms with Gasteiger partial charge >= 0.3 is 12.1 Å². The molecule has 0 saturated carbocycles. The Morgan fingerprint density at radius 2 is 1.95 bits per heavy atom. The quantitative estimate of drug-likeness (QED) is 0.446. The van der Waals surface area contributed by atoms with Crippen molar-refractivity contribution in [3.8, 4) is 0 Å². The third kappa shape index (κ3) is 5.16. The van der Waals surface area contributed by atoms with E-state index in [0.717, 1.165) is 6.07 Å². The summed E-state index contributed by atoms with van der Waals surface area (Å²) < 4.78 is 42.0. The fourth-order valence-corrected chi connectivity index (χ4v) is 5.57. The van der Waals surface area contributed by atoms with Gasteiger partial charge in [0.05, 0.1) is 28.7 Å². The molecule has 198 valence electrons. The Balaban J connectivity index is 1.32. The number of carbonyl (C=O) groups is 2. The highest BCUT2D eigenvalue weighted by molar-refractivity contribution is 8.18. The second kappa shape index (κ2) is 9.75. The summed E-state index contributed by atoms with van der Waals surface area (Å²) in [7, 11) is 0. The molecule has 38 heavy (non-hydrogen) atoms. The van der Waals surface area contributed by atoms with Gasteiger partial charge in [0.25, 0.3) is 5.91 Å². The smallest absolute Gasteiger partial charge is 0.416 e. The Morgan fingerprint density at radius 3 is 2.63 bits per heavy atom. The molecule has 0 spiro atoms. The molecule has 1 aromatic heterocycles. The molecule has 2 aliphatic rings. The van der Waals surface area contributed by atoms with Crippen molar-refractivity contribution in [1.82, 2.24) is 14.7 Å². The van der Waals surface area contributed by atoms with Crippen LogP contribution in [0.4, 0.5) is 13.2 Å². The van der Waals surface area contributed by atoms with E-state index in [-0.39, 0.29) is 30.0 Å². The number of carboxylic acids is 1. The molecule has 8 nitrogen and oxygen atoms in total. The van der Waals surface area contributed by atoms with Gasteiger partial charge in [0.1, 0.15) is 5.54 Å². The van der Waals surface area contributed by atoms with Crippen LogP contribution in [0, 0.1) is 0 Å². The second-order valence-corrected chi connectivity index (χ2v) is 10.6. The van der Waals surface area contributed by atoms with Gasteiger partial charge in [-0.05, 0) is 66.1 Å². The minimum absolute atomic E-state index is 0.00332. The molecule has 5 rings (SSSR count). The van der Waals surface area contributed by atoms with Crippen LogP contribution in [0.15, 0.2) is 52.5 Å². The lowest BCUT2D eigenvalue weighted by molar-refractivity contribution is -0.145. The fraction of sp³-hybridized carbons (Fsp3) is 0.280. The molecule has 0 bridgehead atoms. The standard InChI is InChI=1S/C25H21ClF3N5O3S/c26-17-3-2-15(18(11-17)25(27,28)29)13-34-19-4-1-14(9-16(19)12-31-34)10-20-21(35)32-23(38-20)33-7-5-24(30,6-8-33)22(36)37/h1-4,9-12H,5-8,13,30H2,(H,36,37). The predicted octanol–water partition coefficient (Wildman–Crippen LogP) is 4.61. The van der Waals surface area contributed by atoms with Crippen molar-refractivity contribution in [2.75, 3.05) is 13.1 Å². The zero-order valence-corrected chi connectivity index (χ0v) is 21.3. The summed E-state index contributed by atoms with van der Waals surface area (Å²) in [4.78, 5) is 30.3. The Kier molecular flexibility index (Phi) is 6.74. The molecular formula is C25H21ClF3N5O3S. The van der Waals surface area contributed by atoms with E-state index in [1.54, 1.807) is 30.5 Å². The summed E-state index contributed by atoms with van der Waals surface area (Å²) in [6, 6.07) is 8.94. The summed E-state index contributed by atoms with van der Waals surface area (Å²) in [5, 5.41) is 14.8. The minimum Gasteiger partial charge on any atom is -0.480 e. The van der Waals surface area contributed by atoms with Crippen LogP contribution in [0.3, 0.4) is 0 Å². The number of thioether (sulfide) groups is 1. The molecule has 1 amide bonds. The van der Waals surface area contributed by atoms with Gasteiger partial charge in [-0.3, -0.25) is 14.3 Å². The molecule has 0 radical (unpaired) electrons. The highest BCUT2D eigenvalue weighted by Crippen LogP contribution is 2.35. The number of halogens is 4. The molecule has 3 N–H and O–H groups in total. The van der Waals surface area contributed by atoms with E-state index in [1.165, 1.54) is 28.6 Å². The second-order valence-electron chi connectivity index (χ2n) is 9.18. The van der Waals surface area contributed by atoms with E-state index in [4.69, 9.17) is 17.3 Å². The topological polar surface area (TPSA) is 114 Å². The van der Waals surface area contributed by atoms with Crippen LogP contribution >= 0.6 is 23.4 Å². The number of benzene rings is 2. The number of carboxylic acid groups (broad SMARTS) is 1. The number of amides is 1. The molecule has 2 aliphatic heterocycles. The van der Waals surface area contributed by atoms with Crippen LogP contribution < -0.4 is 5.73 Å². The van der Waals surface area contributed by atoms with Crippen LogP contribution in [-0.2, 0) is 22.3 Å². The zero-order chi connectivity index (χ0) is 27.2. The van der Waals surface area contributed by atoms with Crippen molar-refractivity contribution < 1.29 is 27.9 Å². The van der Waals surface area contributed by atoms with Crippen molar-refractivity contribution in [2.24, 2.45) is 10.7 Å². The number of amidine groups is 1. The number of carbonyl (C=O) groups excluding carboxylic acids is 1. The number of nitrogens with zero attached hydrogens (tertiary/aromatic N) is 4. The van der Waals surface area contributed by atoms with Gasteiger partial charge in [-0.2, -0.15) is 23.3 Å². The maximum absolute atomic E-state index is 13.5. The molecule has 0 atom stereocenters. The lowest BCUT2D eigenvalue weighted by Crippen LogP contribution is -2.56. The third-order valence-electron chi connectivity index (χ3n) is 6.62. The van der Waals surface area contributed by atoms with E-state index in [1.807, 2.05) is 4.90 Å². The summed E-state index contributed by atoms with van der Waals surface area (Å²) >= 11 is 6.99. The van der Waals surface area contributed by atoms with Crippen molar-refractivity contribution in [3.63, 3.8) is 0 Å². The van der Waals surface area contributed by atoms with Crippen molar-refractivity contribution >= 4 is 57.4 Å². The number of likely N-dealkylation sites (tertiary alicyclic amines) is 1. The highest BCUT2D eigenvalue weighted by Gasteiger charge is 2.39. The van der Waals surface area contributed by atoms with Crippen LogP contribution in [-0.4, -0.2) is 55.5 Å². The molecule has 0 aliphatic carbocycles. The normalized spacial score (nSPS) is 18.9. The van der Waals surface area contributed by atoms with Gasteiger partial charge in [-0.15, -0.1) is 0 Å². The number of hydrogen-bond donors (Lipinski definition) is 2. The number of alkyl halides is 3. The van der Waals surface area contributed by atoms with Gasteiger partial charge in [0.2, 0.25) is 0 Å². The lowest BCUT2D eigenvalue weighted by atomic mass is 9.89. The summed E-state index contributed by atoms with van der Waals surface area (Å²) in [5.74, 6) is -1.44. The van der Waals surface area contributed by atoms with Crippen molar-refractivity contribution in [1.29, 1.82) is 0 Å². The van der Waals surface area contributed by atoms with Gasteiger partial charge in [0, 0.05) is 23.5 Å². The van der Waals surface area contributed by atoms with E-state index >= 15 is 0 Å². The summed E-state index contributed by atoms with van der Waals surface area (Å²) in [6.07, 6.45) is -0.809. The fourth-order valence-electron chi connectivity index (χ4n) is 4.43. The molecule has 13 heteroatoms. The molecule has 0 unspecified atom stereocenters. The van der Waals surface area contributed by atoms with Gasteiger partial charge in [-0.25, -0.2) is 0 Å². The number of hydrogen-bond acceptors (Lipinski definition) is 6. The predicted molar refractivity (Wildman–Crippen MR) is 139 cm³/mol. The molecule has 3 heterocycles. The largest absolute Gasteiger partial charge is 0.480 e. The number of fused-ring (bicyclic) bond motifs is 1. The first-order valence-corrected chi connectivity index (χ1v) is 12.7. The van der Waals surface area contributed by atoms with Crippen LogP contribution in [0.2, 0.25) is 5.02 Å². The van der Waals surface area contributed by atoms with Crippen LogP contribution in [0.1, 0.15) is 29.5 Å². The average Bonchev–Trinajstić information content (AvgIpc) is 3.42. The molecule has 2 aromatic carbocycles. The van der Waals surface area contributed by atoms with E-state index < -0.39 is 29.2 Å². The summed E-state index contributed by atoms with van der Waals surface area (Å²) in [6.45, 7) is 0.664. The first kappa shape index (κ1) is 26.3. The molecule has 1 fully saturated rings. The van der Waals surface area contributed by atoms with Gasteiger partial charge in [0.15, 0.2) is 5.17 Å². The number of piperidine rings is 1. The minimum atomic E-state index is -4.55. The Bertz CT molecular complexity index is 1510. The average molecular weight is 564 g/mol. The maximum Gasteiger partial charge on any atom is 0.416 e. The number of aliphatic carboxylic acids is 1. The highest BCUT2D eigenvalue weighted by atomic mass is 35.5. The van der Waals surface area contributed by atoms with Crippen LogP contribution in [0.25, 0.3) is 17.0 Å². The molecule has 3 aromatic rings. The Labute approximate surface area is 223 Å². The Morgan fingerprint density at radius 1 is 1.21 bits per heavy atom. The van der Waals surface area contributed by atoms with Crippen LogP contribution in [0.5, 0.6) is 0 Å². The van der Waals surface area contributed by atoms with E-state index in [2.05, 4.69) is 10.1 Å². The van der Waals surface area contributed by atoms with Crippen molar-refractivity contribution in [3.05, 3.63) is 69.2 Å². The lowest BCUT2D eigenvalue weighted by Gasteiger charge is -2.36. The van der Waals surface area contributed by atoms with E-state index in [9.17, 15) is 27.9 Å². The van der Waals surface area contributed by atoms with Gasteiger partial charge in [-0.1, -0.05) is 23.7 Å². The Hall–Kier alpha value is -3.35. The zero-order valence-electron chi connectivity index (χ0n) is 19.7. The third-order valence-corrected chi connectivity index (χ3v) is 7.90. The van der Waals surface area contributed by atoms with E-state index in [0.29, 0.717) is 39.6 Å². The van der Waals surface area contributed by atoms with Crippen molar-refractivity contribution in [2.45, 2.75) is 31.1 Å². The first-order valence-electron chi connectivity index (χ1n) is 11.5. The first-order chi connectivity index (χ1) is 17.9. The molecular weight excluding hydrogens is 543 g/mol. The summed E-state index contributed by atoms with van der Waals surface area (Å²) in [5.41, 5.74) is 5.23. The SMILES string of the molecule is NC1(C(=O)O)CCN(C2=NC(=O)C(=Cc3ccc4c(cnn4Cc4ccc(Cl)cc4C(F)(F)F)c3)S2)CC1.